The molecule has 0 radical (unpaired) electrons. The van der Waals surface area contributed by atoms with E-state index in [9.17, 15) is 8.42 Å². The van der Waals surface area contributed by atoms with Crippen LogP contribution in [0.2, 0.25) is 5.02 Å². The molecule has 0 spiro atoms. The van der Waals surface area contributed by atoms with Gasteiger partial charge in [0.25, 0.3) is 0 Å². The molecule has 25 heavy (non-hydrogen) atoms. The molecule has 7 heteroatoms. The maximum atomic E-state index is 12.6. The Kier molecular flexibility index (Phi) is 6.39. The first-order chi connectivity index (χ1) is 12.0. The van der Waals surface area contributed by atoms with Gasteiger partial charge in [-0.05, 0) is 37.6 Å². The summed E-state index contributed by atoms with van der Waals surface area (Å²) in [5, 5.41) is 0.485. The van der Waals surface area contributed by atoms with Gasteiger partial charge >= 0.3 is 0 Å². The Morgan fingerprint density at radius 3 is 2.32 bits per heavy atom. The van der Waals surface area contributed by atoms with Gasteiger partial charge in [0, 0.05) is 43.8 Å². The van der Waals surface area contributed by atoms with E-state index in [-0.39, 0.29) is 11.3 Å². The summed E-state index contributed by atoms with van der Waals surface area (Å²) in [6.07, 6.45) is 3.61. The topological polar surface area (TPSA) is 52.6 Å². The molecule has 1 aromatic rings. The highest BCUT2D eigenvalue weighted by atomic mass is 35.5. The number of benzene rings is 1. The van der Waals surface area contributed by atoms with E-state index in [1.165, 1.54) is 0 Å². The lowest BCUT2D eigenvalue weighted by molar-refractivity contribution is 0.113. The van der Waals surface area contributed by atoms with E-state index in [0.29, 0.717) is 11.6 Å². The van der Waals surface area contributed by atoms with Gasteiger partial charge < -0.3 is 4.90 Å². The number of hydrogen-bond acceptors (Lipinski definition) is 4. The van der Waals surface area contributed by atoms with Crippen molar-refractivity contribution >= 4 is 21.6 Å². The Morgan fingerprint density at radius 2 is 1.72 bits per heavy atom. The highest BCUT2D eigenvalue weighted by molar-refractivity contribution is 7.90. The van der Waals surface area contributed by atoms with Gasteiger partial charge in [-0.2, -0.15) is 0 Å². The number of halogens is 1. The maximum Gasteiger partial charge on any atom is 0.214 e. The van der Waals surface area contributed by atoms with Gasteiger partial charge in [-0.15, -0.1) is 0 Å². The lowest BCUT2D eigenvalue weighted by Gasteiger charge is -2.38. The number of nitrogens with one attached hydrogen (secondary N) is 1. The van der Waals surface area contributed by atoms with Crippen LogP contribution in [-0.2, 0) is 10.0 Å². The van der Waals surface area contributed by atoms with Gasteiger partial charge in [-0.1, -0.05) is 36.6 Å². The minimum absolute atomic E-state index is 0.0437. The zero-order chi connectivity index (χ0) is 17.9. The molecule has 5 nitrogen and oxygen atoms in total. The maximum absolute atomic E-state index is 12.6. The molecule has 1 heterocycles. The molecule has 1 aliphatic heterocycles. The molecule has 140 valence electrons. The Bertz CT molecular complexity index is 651. The van der Waals surface area contributed by atoms with E-state index in [4.69, 9.17) is 11.6 Å². The first kappa shape index (κ1) is 19.1. The van der Waals surface area contributed by atoms with Gasteiger partial charge in [0.2, 0.25) is 10.0 Å². The second kappa shape index (κ2) is 8.35. The summed E-state index contributed by atoms with van der Waals surface area (Å²) in [4.78, 5) is 4.68. The normalized spacial score (nSPS) is 22.3. The van der Waals surface area contributed by atoms with Crippen LogP contribution in [0.4, 0.5) is 0 Å². The van der Waals surface area contributed by atoms with Crippen LogP contribution < -0.4 is 4.72 Å². The third kappa shape index (κ3) is 4.95. The van der Waals surface area contributed by atoms with E-state index in [1.54, 1.807) is 0 Å². The van der Waals surface area contributed by atoms with Crippen LogP contribution in [0.1, 0.15) is 37.3 Å². The zero-order valence-electron chi connectivity index (χ0n) is 14.8. The van der Waals surface area contributed by atoms with E-state index >= 15 is 0 Å². The van der Waals surface area contributed by atoms with Crippen molar-refractivity contribution in [1.82, 2.24) is 14.5 Å². The molecule has 1 unspecified atom stereocenters. The summed E-state index contributed by atoms with van der Waals surface area (Å²) in [5.74, 6) is 0. The van der Waals surface area contributed by atoms with Crippen molar-refractivity contribution in [2.45, 2.75) is 37.0 Å². The summed E-state index contributed by atoms with van der Waals surface area (Å²) in [6, 6.07) is 7.82. The number of likely N-dealkylation sites (N-methyl/N-ethyl adjacent to an activating group) is 1. The summed E-state index contributed by atoms with van der Waals surface area (Å²) >= 11 is 6.03. The molecule has 1 N–H and O–H groups in total. The van der Waals surface area contributed by atoms with Crippen LogP contribution in [0.25, 0.3) is 0 Å². The lowest BCUT2D eigenvalue weighted by Crippen LogP contribution is -2.49. The van der Waals surface area contributed by atoms with Gasteiger partial charge in [-0.25, -0.2) is 13.1 Å². The number of nitrogens with zero attached hydrogens (tertiary/aromatic N) is 2. The molecule has 1 aliphatic carbocycles. The summed E-state index contributed by atoms with van der Waals surface area (Å²) in [6.45, 7) is 4.30. The van der Waals surface area contributed by atoms with E-state index < -0.39 is 10.0 Å². The van der Waals surface area contributed by atoms with Crippen molar-refractivity contribution in [2.75, 3.05) is 39.8 Å². The Hall–Kier alpha value is -0.660. The molecule has 1 aromatic carbocycles. The number of piperazine rings is 1. The molecule has 1 saturated heterocycles. The van der Waals surface area contributed by atoms with Crippen LogP contribution in [-0.4, -0.2) is 63.2 Å². The van der Waals surface area contributed by atoms with E-state index in [0.717, 1.165) is 57.4 Å². The second-order valence-corrected chi connectivity index (χ2v) is 9.69. The van der Waals surface area contributed by atoms with Crippen LogP contribution >= 0.6 is 11.6 Å². The highest BCUT2D eigenvalue weighted by Crippen LogP contribution is 2.26. The van der Waals surface area contributed by atoms with Crippen LogP contribution in [0.3, 0.4) is 0 Å². The average molecular weight is 386 g/mol. The van der Waals surface area contributed by atoms with Crippen molar-refractivity contribution in [1.29, 1.82) is 0 Å². The fraction of sp³-hybridized carbons (Fsp3) is 0.667. The van der Waals surface area contributed by atoms with Crippen molar-refractivity contribution in [3.63, 3.8) is 0 Å². The van der Waals surface area contributed by atoms with Gasteiger partial charge in [0.15, 0.2) is 0 Å². The standard InChI is InChI=1S/C18H28ClN3O2S/c1-21-10-12-22(13-11-21)18(15-6-8-16(19)9-7-15)14-20-25(23,24)17-4-2-3-5-17/h6-9,17-18,20H,2-5,10-14H2,1H3. The lowest BCUT2D eigenvalue weighted by atomic mass is 10.0. The highest BCUT2D eigenvalue weighted by Gasteiger charge is 2.31. The molecule has 0 bridgehead atoms. The largest absolute Gasteiger partial charge is 0.304 e. The SMILES string of the molecule is CN1CCN(C(CNS(=O)(=O)C2CCCC2)c2ccc(Cl)cc2)CC1. The minimum atomic E-state index is -3.23. The zero-order valence-corrected chi connectivity index (χ0v) is 16.4. The van der Waals surface area contributed by atoms with E-state index in [1.807, 2.05) is 24.3 Å². The van der Waals surface area contributed by atoms with Crippen molar-refractivity contribution in [2.24, 2.45) is 0 Å². The molecular weight excluding hydrogens is 358 g/mol. The summed E-state index contributed by atoms with van der Waals surface area (Å²) < 4.78 is 28.1. The molecule has 0 aromatic heterocycles. The first-order valence-electron chi connectivity index (χ1n) is 9.12. The fourth-order valence-corrected chi connectivity index (χ4v) is 5.49. The fourth-order valence-electron chi connectivity index (χ4n) is 3.79. The number of sulfonamides is 1. The molecule has 2 aliphatic rings. The quantitative estimate of drug-likeness (QED) is 0.817. The van der Waals surface area contributed by atoms with Gasteiger partial charge in [0.1, 0.15) is 0 Å². The third-order valence-corrected chi connectivity index (χ3v) is 7.62. The van der Waals surface area contributed by atoms with E-state index in [2.05, 4.69) is 21.6 Å². The molecule has 0 amide bonds. The van der Waals surface area contributed by atoms with Crippen LogP contribution in [0.5, 0.6) is 0 Å². The van der Waals surface area contributed by atoms with Crippen molar-refractivity contribution < 1.29 is 8.42 Å². The van der Waals surface area contributed by atoms with Crippen LogP contribution in [0, 0.1) is 0 Å². The second-order valence-electron chi connectivity index (χ2n) is 7.21. The van der Waals surface area contributed by atoms with Gasteiger partial charge in [0.05, 0.1) is 5.25 Å². The molecule has 3 rings (SSSR count). The third-order valence-electron chi connectivity index (χ3n) is 5.45. The molecule has 2 fully saturated rings. The Balaban J connectivity index is 1.73. The summed E-state index contributed by atoms with van der Waals surface area (Å²) in [7, 11) is -1.11. The minimum Gasteiger partial charge on any atom is -0.304 e. The van der Waals surface area contributed by atoms with Crippen LogP contribution in [0.15, 0.2) is 24.3 Å². The predicted octanol–water partition coefficient (Wildman–Crippen LogP) is 2.49. The molecule has 1 atom stereocenters. The van der Waals surface area contributed by atoms with Crippen molar-refractivity contribution in [3.05, 3.63) is 34.9 Å². The monoisotopic (exact) mass is 385 g/mol. The van der Waals surface area contributed by atoms with Gasteiger partial charge in [-0.3, -0.25) is 4.90 Å². The predicted molar refractivity (Wildman–Crippen MR) is 102 cm³/mol. The first-order valence-corrected chi connectivity index (χ1v) is 11.0. The smallest absolute Gasteiger partial charge is 0.214 e. The summed E-state index contributed by atoms with van der Waals surface area (Å²) in [5.41, 5.74) is 1.11. The molecular formula is C18H28ClN3O2S. The number of hydrogen-bond donors (Lipinski definition) is 1. The Morgan fingerprint density at radius 1 is 1.12 bits per heavy atom. The Labute approximate surface area is 156 Å². The molecule has 1 saturated carbocycles. The average Bonchev–Trinajstić information content (AvgIpc) is 3.13. The number of rotatable bonds is 6. The van der Waals surface area contributed by atoms with Crippen molar-refractivity contribution in [3.8, 4) is 0 Å².